The Kier molecular flexibility index (Phi) is 4.93. The lowest BCUT2D eigenvalue weighted by atomic mass is 10.0. The van der Waals surface area contributed by atoms with Gasteiger partial charge in [-0.05, 0) is 49.4 Å². The molecule has 1 N–H and O–H groups in total. The van der Waals surface area contributed by atoms with E-state index >= 15 is 0 Å². The topological polar surface area (TPSA) is 77.0 Å². The highest BCUT2D eigenvalue weighted by Gasteiger charge is 2.15. The summed E-state index contributed by atoms with van der Waals surface area (Å²) in [5.74, 6) is 0.777. The van der Waals surface area contributed by atoms with Gasteiger partial charge in [0.05, 0.1) is 23.4 Å². The van der Waals surface area contributed by atoms with Crippen LogP contribution in [-0.4, -0.2) is 27.5 Å². The smallest absolute Gasteiger partial charge is 0.258 e. The number of carbonyl (C=O) groups is 1. The number of fused-ring (bicyclic) bond motifs is 1. The summed E-state index contributed by atoms with van der Waals surface area (Å²) < 4.78 is 5.50. The highest BCUT2D eigenvalue weighted by atomic mass is 16.5. The van der Waals surface area contributed by atoms with E-state index in [2.05, 4.69) is 15.3 Å². The van der Waals surface area contributed by atoms with Crippen molar-refractivity contribution in [2.24, 2.45) is 0 Å². The zero-order valence-corrected chi connectivity index (χ0v) is 15.3. The number of carbonyl (C=O) groups excluding carboxylic acids is 1. The molecule has 0 saturated carbocycles. The van der Waals surface area contributed by atoms with Crippen LogP contribution in [0.3, 0.4) is 0 Å². The molecule has 6 nitrogen and oxygen atoms in total. The van der Waals surface area contributed by atoms with Gasteiger partial charge < -0.3 is 4.74 Å². The quantitative estimate of drug-likeness (QED) is 0.565. The molecule has 0 spiro atoms. The first-order valence-electron chi connectivity index (χ1n) is 8.96. The number of anilines is 1. The number of hydrogen-bond acceptors (Lipinski definition) is 5. The summed E-state index contributed by atoms with van der Waals surface area (Å²) in [5, 5.41) is 3.52. The van der Waals surface area contributed by atoms with Crippen LogP contribution in [0, 0.1) is 0 Å². The Balaban J connectivity index is 1.76. The third-order valence-electron chi connectivity index (χ3n) is 4.21. The monoisotopic (exact) mass is 370 g/mol. The van der Waals surface area contributed by atoms with Crippen molar-refractivity contribution in [2.75, 3.05) is 11.9 Å². The van der Waals surface area contributed by atoms with E-state index < -0.39 is 0 Å². The molecule has 2 heterocycles. The predicted octanol–water partition coefficient (Wildman–Crippen LogP) is 4.34. The van der Waals surface area contributed by atoms with Crippen LogP contribution in [-0.2, 0) is 0 Å². The van der Waals surface area contributed by atoms with Gasteiger partial charge in [-0.15, -0.1) is 0 Å². The largest absolute Gasteiger partial charge is 0.494 e. The molecule has 4 rings (SSSR count). The maximum atomic E-state index is 12.9. The van der Waals surface area contributed by atoms with Gasteiger partial charge in [-0.1, -0.05) is 18.2 Å². The molecule has 0 fully saturated rings. The number of nitrogens with zero attached hydrogens (tertiary/aromatic N) is 3. The molecule has 0 atom stereocenters. The first kappa shape index (κ1) is 17.6. The molecular weight excluding hydrogens is 352 g/mol. The van der Waals surface area contributed by atoms with Gasteiger partial charge in [0.25, 0.3) is 5.91 Å². The van der Waals surface area contributed by atoms with Gasteiger partial charge in [-0.25, -0.2) is 15.0 Å². The molecule has 0 bridgehead atoms. The molecule has 2 aromatic heterocycles. The summed E-state index contributed by atoms with van der Waals surface area (Å²) in [6, 6.07) is 18.7. The molecule has 28 heavy (non-hydrogen) atoms. The van der Waals surface area contributed by atoms with E-state index in [1.807, 2.05) is 55.5 Å². The van der Waals surface area contributed by atoms with E-state index in [0.717, 1.165) is 22.2 Å². The fourth-order valence-corrected chi connectivity index (χ4v) is 2.93. The van der Waals surface area contributed by atoms with Crippen LogP contribution >= 0.6 is 0 Å². The normalized spacial score (nSPS) is 10.6. The van der Waals surface area contributed by atoms with Crippen LogP contribution in [0.4, 0.5) is 5.95 Å². The SMILES string of the molecule is CCOc1ccc(-c2cc(C(=O)Nc3ncccn3)c3ccccc3n2)cc1. The number of pyridine rings is 1. The second-order valence-electron chi connectivity index (χ2n) is 6.06. The van der Waals surface area contributed by atoms with E-state index in [9.17, 15) is 4.79 Å². The number of rotatable bonds is 5. The minimum Gasteiger partial charge on any atom is -0.494 e. The standard InChI is InChI=1S/C22H18N4O2/c1-2-28-16-10-8-15(9-11-16)20-14-18(17-6-3-4-7-19(17)25-20)21(27)26-22-23-12-5-13-24-22/h3-14H,2H2,1H3,(H,23,24,26,27). The minimum atomic E-state index is -0.281. The lowest BCUT2D eigenvalue weighted by molar-refractivity contribution is 0.102. The Bertz CT molecular complexity index is 1110. The third kappa shape index (κ3) is 3.66. The molecule has 1 amide bonds. The molecule has 0 radical (unpaired) electrons. The van der Waals surface area contributed by atoms with Gasteiger partial charge in [-0.2, -0.15) is 0 Å². The van der Waals surface area contributed by atoms with Gasteiger partial charge in [0, 0.05) is 23.3 Å². The van der Waals surface area contributed by atoms with Crippen molar-refractivity contribution >= 4 is 22.8 Å². The zero-order valence-electron chi connectivity index (χ0n) is 15.3. The molecular formula is C22H18N4O2. The number of amides is 1. The summed E-state index contributed by atoms with van der Waals surface area (Å²) >= 11 is 0. The minimum absolute atomic E-state index is 0.260. The molecule has 4 aromatic rings. The number of hydrogen-bond donors (Lipinski definition) is 1. The summed E-state index contributed by atoms with van der Waals surface area (Å²) in [6.07, 6.45) is 3.16. The maximum absolute atomic E-state index is 12.9. The highest BCUT2D eigenvalue weighted by Crippen LogP contribution is 2.26. The fourth-order valence-electron chi connectivity index (χ4n) is 2.93. The Morgan fingerprint density at radius 2 is 1.75 bits per heavy atom. The number of para-hydroxylation sites is 1. The fraction of sp³-hybridized carbons (Fsp3) is 0.0909. The van der Waals surface area contributed by atoms with Crippen molar-refractivity contribution in [1.29, 1.82) is 0 Å². The van der Waals surface area contributed by atoms with Crippen molar-refractivity contribution in [3.05, 3.63) is 78.6 Å². The average Bonchev–Trinajstić information content (AvgIpc) is 2.74. The molecule has 0 saturated heterocycles. The van der Waals surface area contributed by atoms with E-state index in [-0.39, 0.29) is 11.9 Å². The molecule has 138 valence electrons. The van der Waals surface area contributed by atoms with Gasteiger partial charge >= 0.3 is 0 Å². The lowest BCUT2D eigenvalue weighted by Gasteiger charge is -2.10. The van der Waals surface area contributed by atoms with Gasteiger partial charge in [0.1, 0.15) is 5.75 Å². The molecule has 0 unspecified atom stereocenters. The Morgan fingerprint density at radius 1 is 1.00 bits per heavy atom. The molecule has 0 aliphatic carbocycles. The molecule has 0 aliphatic heterocycles. The Hall–Kier alpha value is -3.80. The van der Waals surface area contributed by atoms with Crippen LogP contribution < -0.4 is 10.1 Å². The van der Waals surface area contributed by atoms with Crippen LogP contribution in [0.15, 0.2) is 73.1 Å². The van der Waals surface area contributed by atoms with Crippen molar-refractivity contribution in [3.8, 4) is 17.0 Å². The Labute approximate surface area is 162 Å². The first-order valence-corrected chi connectivity index (χ1v) is 8.96. The first-order chi connectivity index (χ1) is 13.7. The summed E-state index contributed by atoms with van der Waals surface area (Å²) in [7, 11) is 0. The second kappa shape index (κ2) is 7.84. The maximum Gasteiger partial charge on any atom is 0.258 e. The summed E-state index contributed by atoms with van der Waals surface area (Å²) in [4.78, 5) is 25.8. The van der Waals surface area contributed by atoms with Crippen LogP contribution in [0.1, 0.15) is 17.3 Å². The predicted molar refractivity (Wildman–Crippen MR) is 108 cm³/mol. The van der Waals surface area contributed by atoms with Crippen molar-refractivity contribution in [2.45, 2.75) is 6.92 Å². The van der Waals surface area contributed by atoms with E-state index in [0.29, 0.717) is 17.9 Å². The third-order valence-corrected chi connectivity index (χ3v) is 4.21. The number of aromatic nitrogens is 3. The number of nitrogens with one attached hydrogen (secondary N) is 1. The molecule has 0 aliphatic rings. The van der Waals surface area contributed by atoms with Gasteiger partial charge in [0.15, 0.2) is 0 Å². The summed E-state index contributed by atoms with van der Waals surface area (Å²) in [5.41, 5.74) is 2.87. The Morgan fingerprint density at radius 3 is 2.50 bits per heavy atom. The number of ether oxygens (including phenoxy) is 1. The lowest BCUT2D eigenvalue weighted by Crippen LogP contribution is -2.15. The van der Waals surface area contributed by atoms with Crippen molar-refractivity contribution in [1.82, 2.24) is 15.0 Å². The van der Waals surface area contributed by atoms with Crippen molar-refractivity contribution in [3.63, 3.8) is 0 Å². The zero-order chi connectivity index (χ0) is 19.3. The molecule has 2 aromatic carbocycles. The van der Waals surface area contributed by atoms with E-state index in [1.165, 1.54) is 0 Å². The van der Waals surface area contributed by atoms with E-state index in [1.54, 1.807) is 24.5 Å². The number of benzene rings is 2. The highest BCUT2D eigenvalue weighted by molar-refractivity contribution is 6.12. The summed E-state index contributed by atoms with van der Waals surface area (Å²) in [6.45, 7) is 2.56. The molecule has 6 heteroatoms. The van der Waals surface area contributed by atoms with Crippen LogP contribution in [0.5, 0.6) is 5.75 Å². The van der Waals surface area contributed by atoms with Gasteiger partial charge in [-0.3, -0.25) is 10.1 Å². The van der Waals surface area contributed by atoms with Crippen molar-refractivity contribution < 1.29 is 9.53 Å². The van der Waals surface area contributed by atoms with E-state index in [4.69, 9.17) is 9.72 Å². The van der Waals surface area contributed by atoms with Gasteiger partial charge in [0.2, 0.25) is 5.95 Å². The second-order valence-corrected chi connectivity index (χ2v) is 6.06. The average molecular weight is 370 g/mol. The van der Waals surface area contributed by atoms with Crippen LogP contribution in [0.25, 0.3) is 22.2 Å². The van der Waals surface area contributed by atoms with Crippen LogP contribution in [0.2, 0.25) is 0 Å².